The SMILES string of the molecule is COC(=O)c1ccc2c(N(Cc3ccc(-c4ccc(OC)c(C)c4)cc3)CC3CCCCC3)nccc2c1. The van der Waals surface area contributed by atoms with Gasteiger partial charge in [-0.2, -0.15) is 0 Å². The lowest BCUT2D eigenvalue weighted by Gasteiger charge is -2.31. The predicted molar refractivity (Wildman–Crippen MR) is 154 cm³/mol. The zero-order valence-electron chi connectivity index (χ0n) is 22.6. The Labute approximate surface area is 225 Å². The number of rotatable bonds is 8. The predicted octanol–water partition coefficient (Wildman–Crippen LogP) is 7.59. The molecule has 1 saturated carbocycles. The van der Waals surface area contributed by atoms with Crippen LogP contribution in [0.25, 0.3) is 21.9 Å². The Morgan fingerprint density at radius 1 is 0.921 bits per heavy atom. The summed E-state index contributed by atoms with van der Waals surface area (Å²) in [5.41, 5.74) is 5.31. The van der Waals surface area contributed by atoms with E-state index in [1.165, 1.54) is 55.9 Å². The number of benzene rings is 3. The van der Waals surface area contributed by atoms with E-state index in [-0.39, 0.29) is 5.97 Å². The summed E-state index contributed by atoms with van der Waals surface area (Å²) in [6.07, 6.45) is 8.33. The van der Waals surface area contributed by atoms with Gasteiger partial charge in [-0.3, -0.25) is 0 Å². The fourth-order valence-corrected chi connectivity index (χ4v) is 5.65. The first-order valence-corrected chi connectivity index (χ1v) is 13.5. The Morgan fingerprint density at radius 2 is 1.68 bits per heavy atom. The molecular formula is C33H36N2O3. The molecule has 0 aliphatic heterocycles. The van der Waals surface area contributed by atoms with Gasteiger partial charge in [0.25, 0.3) is 0 Å². The summed E-state index contributed by atoms with van der Waals surface area (Å²) in [7, 11) is 3.12. The molecule has 0 unspecified atom stereocenters. The van der Waals surface area contributed by atoms with Gasteiger partial charge in [0.1, 0.15) is 11.6 Å². The van der Waals surface area contributed by atoms with Gasteiger partial charge in [-0.1, -0.05) is 49.6 Å². The third kappa shape index (κ3) is 5.67. The van der Waals surface area contributed by atoms with Crippen molar-refractivity contribution in [3.63, 3.8) is 0 Å². The van der Waals surface area contributed by atoms with Crippen LogP contribution in [0.1, 0.15) is 53.6 Å². The van der Waals surface area contributed by atoms with Crippen molar-refractivity contribution in [3.8, 4) is 16.9 Å². The number of esters is 1. The summed E-state index contributed by atoms with van der Waals surface area (Å²) in [6.45, 7) is 3.83. The maximum Gasteiger partial charge on any atom is 0.337 e. The smallest absolute Gasteiger partial charge is 0.337 e. The number of aromatic nitrogens is 1. The number of ether oxygens (including phenoxy) is 2. The molecule has 1 fully saturated rings. The molecule has 0 bridgehead atoms. The van der Waals surface area contributed by atoms with Gasteiger partial charge in [-0.25, -0.2) is 9.78 Å². The third-order valence-electron chi connectivity index (χ3n) is 7.72. The number of anilines is 1. The fourth-order valence-electron chi connectivity index (χ4n) is 5.65. The van der Waals surface area contributed by atoms with Gasteiger partial charge in [-0.05, 0) is 89.7 Å². The molecule has 0 amide bonds. The molecule has 196 valence electrons. The molecule has 4 aromatic rings. The number of hydrogen-bond acceptors (Lipinski definition) is 5. The van der Waals surface area contributed by atoms with E-state index in [1.807, 2.05) is 36.5 Å². The lowest BCUT2D eigenvalue weighted by Crippen LogP contribution is -2.31. The normalized spacial score (nSPS) is 13.9. The van der Waals surface area contributed by atoms with E-state index in [0.29, 0.717) is 11.5 Å². The van der Waals surface area contributed by atoms with Crippen molar-refractivity contribution in [2.24, 2.45) is 5.92 Å². The van der Waals surface area contributed by atoms with Crippen LogP contribution in [0.4, 0.5) is 5.82 Å². The molecule has 0 radical (unpaired) electrons. The highest BCUT2D eigenvalue weighted by Gasteiger charge is 2.21. The van der Waals surface area contributed by atoms with Crippen LogP contribution in [-0.2, 0) is 11.3 Å². The second-order valence-corrected chi connectivity index (χ2v) is 10.3. The molecule has 0 saturated heterocycles. The minimum Gasteiger partial charge on any atom is -0.496 e. The van der Waals surface area contributed by atoms with Gasteiger partial charge >= 0.3 is 5.97 Å². The van der Waals surface area contributed by atoms with Gasteiger partial charge in [0.2, 0.25) is 0 Å². The minimum atomic E-state index is -0.323. The van der Waals surface area contributed by atoms with E-state index in [1.54, 1.807) is 7.11 Å². The first-order chi connectivity index (χ1) is 18.6. The molecule has 5 rings (SSSR count). The van der Waals surface area contributed by atoms with E-state index >= 15 is 0 Å². The van der Waals surface area contributed by atoms with Gasteiger partial charge in [-0.15, -0.1) is 0 Å². The maximum atomic E-state index is 12.1. The summed E-state index contributed by atoms with van der Waals surface area (Å²) in [5.74, 6) is 2.22. The van der Waals surface area contributed by atoms with Gasteiger partial charge in [0.15, 0.2) is 0 Å². The highest BCUT2D eigenvalue weighted by molar-refractivity contribution is 5.98. The topological polar surface area (TPSA) is 51.7 Å². The molecule has 3 aromatic carbocycles. The van der Waals surface area contributed by atoms with Crippen LogP contribution in [0.15, 0.2) is 72.9 Å². The van der Waals surface area contributed by atoms with Crippen LogP contribution in [0, 0.1) is 12.8 Å². The lowest BCUT2D eigenvalue weighted by molar-refractivity contribution is 0.0601. The van der Waals surface area contributed by atoms with Crippen molar-refractivity contribution in [1.82, 2.24) is 4.98 Å². The van der Waals surface area contributed by atoms with E-state index < -0.39 is 0 Å². The monoisotopic (exact) mass is 508 g/mol. The van der Waals surface area contributed by atoms with E-state index in [0.717, 1.165) is 41.0 Å². The quantitative estimate of drug-likeness (QED) is 0.230. The number of nitrogens with zero attached hydrogens (tertiary/aromatic N) is 2. The molecule has 1 aromatic heterocycles. The van der Waals surface area contributed by atoms with Crippen molar-refractivity contribution in [2.75, 3.05) is 25.7 Å². The third-order valence-corrected chi connectivity index (χ3v) is 7.72. The molecular weight excluding hydrogens is 472 g/mol. The van der Waals surface area contributed by atoms with Crippen molar-refractivity contribution in [2.45, 2.75) is 45.6 Å². The summed E-state index contributed by atoms with van der Waals surface area (Å²) in [6, 6.07) is 22.9. The number of hydrogen-bond donors (Lipinski definition) is 0. The van der Waals surface area contributed by atoms with E-state index in [9.17, 15) is 4.79 Å². The van der Waals surface area contributed by atoms with Crippen molar-refractivity contribution in [3.05, 3.63) is 89.6 Å². The Kier molecular flexibility index (Phi) is 7.92. The van der Waals surface area contributed by atoms with E-state index in [2.05, 4.69) is 48.2 Å². The standard InChI is InChI=1S/C33H36N2O3/c1-23-19-27(14-16-31(23)37-2)26-11-9-25(10-12-26)22-35(21-24-7-5-4-6-8-24)32-30-15-13-29(33(36)38-3)20-28(30)17-18-34-32/h9-20,24H,4-8,21-22H2,1-3H3. The Morgan fingerprint density at radius 3 is 2.39 bits per heavy atom. The molecule has 0 N–H and O–H groups in total. The molecule has 1 aliphatic carbocycles. The maximum absolute atomic E-state index is 12.1. The van der Waals surface area contributed by atoms with Crippen LogP contribution in [0.3, 0.4) is 0 Å². The first-order valence-electron chi connectivity index (χ1n) is 13.5. The minimum absolute atomic E-state index is 0.323. The zero-order valence-corrected chi connectivity index (χ0v) is 22.6. The van der Waals surface area contributed by atoms with Crippen LogP contribution >= 0.6 is 0 Å². The number of carbonyl (C=O) groups is 1. The highest BCUT2D eigenvalue weighted by atomic mass is 16.5. The molecule has 0 atom stereocenters. The number of carbonyl (C=O) groups excluding carboxylic acids is 1. The second kappa shape index (κ2) is 11.7. The Hall–Kier alpha value is -3.86. The van der Waals surface area contributed by atoms with Gasteiger partial charge < -0.3 is 14.4 Å². The first kappa shape index (κ1) is 25.8. The number of methoxy groups -OCH3 is 2. The highest BCUT2D eigenvalue weighted by Crippen LogP contribution is 2.32. The van der Waals surface area contributed by atoms with Gasteiger partial charge in [0.05, 0.1) is 19.8 Å². The summed E-state index contributed by atoms with van der Waals surface area (Å²) >= 11 is 0. The number of aryl methyl sites for hydroxylation is 1. The van der Waals surface area contributed by atoms with Crippen LogP contribution in [0.2, 0.25) is 0 Å². The zero-order chi connectivity index (χ0) is 26.5. The average molecular weight is 509 g/mol. The molecule has 0 spiro atoms. The summed E-state index contributed by atoms with van der Waals surface area (Å²) in [5, 5.41) is 2.05. The molecule has 5 heteroatoms. The fraction of sp³-hybridized carbons (Fsp3) is 0.333. The average Bonchev–Trinajstić information content (AvgIpc) is 2.96. The van der Waals surface area contributed by atoms with Crippen LogP contribution < -0.4 is 9.64 Å². The van der Waals surface area contributed by atoms with E-state index in [4.69, 9.17) is 14.5 Å². The molecule has 1 aliphatic rings. The molecule has 38 heavy (non-hydrogen) atoms. The van der Waals surface area contributed by atoms with Crippen molar-refractivity contribution >= 4 is 22.6 Å². The lowest BCUT2D eigenvalue weighted by atomic mass is 9.88. The molecule has 5 nitrogen and oxygen atoms in total. The number of pyridine rings is 1. The van der Waals surface area contributed by atoms with Crippen LogP contribution in [0.5, 0.6) is 5.75 Å². The van der Waals surface area contributed by atoms with Crippen molar-refractivity contribution in [1.29, 1.82) is 0 Å². The van der Waals surface area contributed by atoms with Crippen molar-refractivity contribution < 1.29 is 14.3 Å². The van der Waals surface area contributed by atoms with Gasteiger partial charge in [0, 0.05) is 24.7 Å². The summed E-state index contributed by atoms with van der Waals surface area (Å²) in [4.78, 5) is 19.4. The second-order valence-electron chi connectivity index (χ2n) is 10.3. The Bertz CT molecular complexity index is 1410. The Balaban J connectivity index is 1.44. The van der Waals surface area contributed by atoms with Crippen LogP contribution in [-0.4, -0.2) is 31.7 Å². The largest absolute Gasteiger partial charge is 0.496 e. The molecule has 1 heterocycles. The number of fused-ring (bicyclic) bond motifs is 1. The summed E-state index contributed by atoms with van der Waals surface area (Å²) < 4.78 is 10.4.